The second-order valence-electron chi connectivity index (χ2n) is 5.45. The second-order valence-corrected chi connectivity index (χ2v) is 6.29. The van der Waals surface area contributed by atoms with E-state index in [1.54, 1.807) is 28.8 Å². The highest BCUT2D eigenvalue weighted by molar-refractivity contribution is 6.35. The van der Waals surface area contributed by atoms with Crippen molar-refractivity contribution in [2.24, 2.45) is 0 Å². The predicted molar refractivity (Wildman–Crippen MR) is 97.1 cm³/mol. The smallest absolute Gasteiger partial charge is 0.174 e. The number of fused-ring (bicyclic) bond motifs is 1. The molecule has 0 aliphatic heterocycles. The van der Waals surface area contributed by atoms with Crippen LogP contribution in [0.3, 0.4) is 0 Å². The van der Waals surface area contributed by atoms with E-state index in [4.69, 9.17) is 23.2 Å². The topological polar surface area (TPSA) is 77.8 Å². The van der Waals surface area contributed by atoms with E-state index in [1.807, 2.05) is 19.9 Å². The highest BCUT2D eigenvalue weighted by atomic mass is 35.5. The molecule has 3 aromatic rings. The molecule has 0 saturated carbocycles. The van der Waals surface area contributed by atoms with Crippen molar-refractivity contribution in [1.29, 1.82) is 10.5 Å². The van der Waals surface area contributed by atoms with Crippen molar-refractivity contribution in [3.63, 3.8) is 0 Å². The monoisotopic (exact) mass is 367 g/mol. The number of benzene rings is 1. The summed E-state index contributed by atoms with van der Waals surface area (Å²) in [7, 11) is 0. The predicted octanol–water partition coefficient (Wildman–Crippen LogP) is 4.59. The molecule has 0 amide bonds. The van der Waals surface area contributed by atoms with Gasteiger partial charge in [0.15, 0.2) is 5.65 Å². The van der Waals surface area contributed by atoms with Crippen LogP contribution < -0.4 is 0 Å². The first-order valence-electron chi connectivity index (χ1n) is 7.29. The number of rotatable bonds is 2. The Morgan fingerprint density at radius 1 is 1.20 bits per heavy atom. The highest BCUT2D eigenvalue weighted by Gasteiger charge is 2.19. The molecule has 0 spiro atoms. The van der Waals surface area contributed by atoms with Gasteiger partial charge in [0.05, 0.1) is 5.57 Å². The minimum atomic E-state index is 0.225. The summed E-state index contributed by atoms with van der Waals surface area (Å²) in [6.07, 6.45) is 1.59. The van der Waals surface area contributed by atoms with E-state index < -0.39 is 0 Å². The van der Waals surface area contributed by atoms with Crippen LogP contribution in [-0.2, 0) is 0 Å². The first-order valence-corrected chi connectivity index (χ1v) is 8.04. The second kappa shape index (κ2) is 6.57. The SMILES string of the molecule is Cc1cc(C)n2nc(C(C#N)=Cc3ccc(Cl)cc3Cl)c(C#N)c2n1. The van der Waals surface area contributed by atoms with Crippen LogP contribution in [0.1, 0.15) is 28.2 Å². The van der Waals surface area contributed by atoms with Crippen LogP contribution in [0.25, 0.3) is 17.3 Å². The summed E-state index contributed by atoms with van der Waals surface area (Å²) in [4.78, 5) is 4.38. The van der Waals surface area contributed by atoms with Crippen LogP contribution in [0.15, 0.2) is 24.3 Å². The van der Waals surface area contributed by atoms with E-state index >= 15 is 0 Å². The minimum Gasteiger partial charge on any atom is -0.233 e. The normalized spacial score (nSPS) is 11.4. The Morgan fingerprint density at radius 2 is 1.96 bits per heavy atom. The lowest BCUT2D eigenvalue weighted by Gasteiger charge is -2.00. The molecule has 7 heteroatoms. The van der Waals surface area contributed by atoms with Crippen molar-refractivity contribution in [2.45, 2.75) is 13.8 Å². The van der Waals surface area contributed by atoms with Crippen LogP contribution in [0.5, 0.6) is 0 Å². The maximum absolute atomic E-state index is 9.59. The van der Waals surface area contributed by atoms with E-state index in [2.05, 4.69) is 22.2 Å². The maximum Gasteiger partial charge on any atom is 0.174 e. The fraction of sp³-hybridized carbons (Fsp3) is 0.111. The zero-order valence-corrected chi connectivity index (χ0v) is 14.9. The molecule has 0 bridgehead atoms. The quantitative estimate of drug-likeness (QED) is 0.620. The summed E-state index contributed by atoms with van der Waals surface area (Å²) < 4.78 is 1.57. The number of aromatic nitrogens is 3. The summed E-state index contributed by atoms with van der Waals surface area (Å²) >= 11 is 12.1. The fourth-order valence-corrected chi connectivity index (χ4v) is 3.00. The zero-order valence-electron chi connectivity index (χ0n) is 13.4. The van der Waals surface area contributed by atoms with Crippen molar-refractivity contribution in [2.75, 3.05) is 0 Å². The molecule has 1 aromatic carbocycles. The van der Waals surface area contributed by atoms with Gasteiger partial charge in [-0.05, 0) is 43.7 Å². The Bertz CT molecular complexity index is 1110. The summed E-state index contributed by atoms with van der Waals surface area (Å²) in [5.41, 5.74) is 3.40. The molecule has 0 aliphatic carbocycles. The average Bonchev–Trinajstić information content (AvgIpc) is 2.92. The van der Waals surface area contributed by atoms with E-state index in [9.17, 15) is 10.5 Å². The summed E-state index contributed by atoms with van der Waals surface area (Å²) in [5.74, 6) is 0. The van der Waals surface area contributed by atoms with Gasteiger partial charge in [-0.25, -0.2) is 9.50 Å². The van der Waals surface area contributed by atoms with Crippen LogP contribution >= 0.6 is 23.2 Å². The largest absolute Gasteiger partial charge is 0.233 e. The van der Waals surface area contributed by atoms with Gasteiger partial charge >= 0.3 is 0 Å². The molecule has 2 aromatic heterocycles. The number of hydrogen-bond donors (Lipinski definition) is 0. The standard InChI is InChI=1S/C18H11Cl2N5/c1-10-5-11(2)25-18(23-10)15(9-22)17(24-25)13(8-21)6-12-3-4-14(19)7-16(12)20/h3-7H,1-2H3. The molecule has 5 nitrogen and oxygen atoms in total. The lowest BCUT2D eigenvalue weighted by molar-refractivity contribution is 0.880. The van der Waals surface area contributed by atoms with Crippen molar-refractivity contribution < 1.29 is 0 Å². The number of hydrogen-bond acceptors (Lipinski definition) is 4. The third kappa shape index (κ3) is 3.08. The lowest BCUT2D eigenvalue weighted by atomic mass is 10.1. The molecule has 0 N–H and O–H groups in total. The lowest BCUT2D eigenvalue weighted by Crippen LogP contribution is -1.97. The van der Waals surface area contributed by atoms with Crippen molar-refractivity contribution in [3.8, 4) is 12.1 Å². The minimum absolute atomic E-state index is 0.225. The van der Waals surface area contributed by atoms with Crippen LogP contribution in [0.4, 0.5) is 0 Å². The zero-order chi connectivity index (χ0) is 18.1. The molecular weight excluding hydrogens is 357 g/mol. The first kappa shape index (κ1) is 17.0. The van der Waals surface area contributed by atoms with Crippen LogP contribution in [-0.4, -0.2) is 14.6 Å². The molecule has 122 valence electrons. The van der Waals surface area contributed by atoms with Crippen molar-refractivity contribution in [1.82, 2.24) is 14.6 Å². The first-order chi connectivity index (χ1) is 11.9. The molecule has 0 radical (unpaired) electrons. The number of nitriles is 2. The van der Waals surface area contributed by atoms with Gasteiger partial charge in [0.1, 0.15) is 23.4 Å². The average molecular weight is 368 g/mol. The van der Waals surface area contributed by atoms with Crippen molar-refractivity contribution in [3.05, 3.63) is 62.5 Å². The number of halogens is 2. The molecule has 0 saturated heterocycles. The maximum atomic E-state index is 9.59. The highest BCUT2D eigenvalue weighted by Crippen LogP contribution is 2.28. The number of aryl methyl sites for hydroxylation is 2. The summed E-state index contributed by atoms with van der Waals surface area (Å²) in [6, 6.07) is 11.0. The van der Waals surface area contributed by atoms with Gasteiger partial charge in [-0.15, -0.1) is 0 Å². The van der Waals surface area contributed by atoms with Gasteiger partial charge in [0.25, 0.3) is 0 Å². The van der Waals surface area contributed by atoms with Gasteiger partial charge in [-0.3, -0.25) is 0 Å². The van der Waals surface area contributed by atoms with Gasteiger partial charge in [-0.1, -0.05) is 29.3 Å². The van der Waals surface area contributed by atoms with Gasteiger partial charge in [0, 0.05) is 21.4 Å². The molecule has 0 atom stereocenters. The Labute approximate surface area is 154 Å². The molecule has 0 aliphatic rings. The van der Waals surface area contributed by atoms with E-state index in [-0.39, 0.29) is 16.8 Å². The van der Waals surface area contributed by atoms with Gasteiger partial charge in [0.2, 0.25) is 0 Å². The van der Waals surface area contributed by atoms with Gasteiger partial charge in [-0.2, -0.15) is 15.6 Å². The third-order valence-corrected chi connectivity index (χ3v) is 4.21. The Hall–Kier alpha value is -2.86. The molecule has 0 unspecified atom stereocenters. The number of nitrogens with zero attached hydrogens (tertiary/aromatic N) is 5. The van der Waals surface area contributed by atoms with E-state index in [0.29, 0.717) is 21.3 Å². The summed E-state index contributed by atoms with van der Waals surface area (Å²) in [6.45, 7) is 3.71. The number of allylic oxidation sites excluding steroid dienone is 1. The third-order valence-electron chi connectivity index (χ3n) is 3.64. The molecule has 25 heavy (non-hydrogen) atoms. The summed E-state index contributed by atoms with van der Waals surface area (Å²) in [5, 5.41) is 24.5. The Kier molecular flexibility index (Phi) is 4.46. The van der Waals surface area contributed by atoms with E-state index in [1.165, 1.54) is 0 Å². The van der Waals surface area contributed by atoms with Crippen LogP contribution in [0, 0.1) is 36.5 Å². The molecule has 0 fully saturated rings. The van der Waals surface area contributed by atoms with Crippen molar-refractivity contribution >= 4 is 40.5 Å². The fourth-order valence-electron chi connectivity index (χ4n) is 2.54. The van der Waals surface area contributed by atoms with Crippen LogP contribution in [0.2, 0.25) is 10.0 Å². The molecule has 3 rings (SSSR count). The Balaban J connectivity index is 2.26. The van der Waals surface area contributed by atoms with Gasteiger partial charge < -0.3 is 0 Å². The molecular formula is C18H11Cl2N5. The van der Waals surface area contributed by atoms with E-state index in [0.717, 1.165) is 11.4 Å². The Morgan fingerprint density at radius 3 is 2.60 bits per heavy atom. The molecule has 2 heterocycles.